The largest absolute Gasteiger partial charge is 0.476 e. The van der Waals surface area contributed by atoms with Crippen LogP contribution >= 0.6 is 0 Å². The van der Waals surface area contributed by atoms with Gasteiger partial charge in [-0.05, 0) is 12.5 Å². The first-order valence-electron chi connectivity index (χ1n) is 4.69. The Labute approximate surface area is 83.0 Å². The van der Waals surface area contributed by atoms with Gasteiger partial charge in [-0.2, -0.15) is 0 Å². The summed E-state index contributed by atoms with van der Waals surface area (Å²) in [5, 5.41) is 0. The Bertz CT molecular complexity index is 283. The van der Waals surface area contributed by atoms with E-state index in [1.54, 1.807) is 6.20 Å². The highest BCUT2D eigenvalue weighted by Gasteiger charge is 2.31. The molecule has 2 rings (SSSR count). The quantitative estimate of drug-likeness (QED) is 0.764. The molecule has 0 spiro atoms. The van der Waals surface area contributed by atoms with Gasteiger partial charge >= 0.3 is 0 Å². The molecule has 4 heteroatoms. The molecule has 0 saturated carbocycles. The summed E-state index contributed by atoms with van der Waals surface area (Å²) in [5.74, 6) is 0.615. The molecule has 76 valence electrons. The van der Waals surface area contributed by atoms with E-state index in [0.29, 0.717) is 19.1 Å². The number of hydrogen-bond acceptors (Lipinski definition) is 4. The van der Waals surface area contributed by atoms with E-state index in [4.69, 9.17) is 15.2 Å². The second-order valence-electron chi connectivity index (χ2n) is 3.62. The van der Waals surface area contributed by atoms with Crippen LogP contribution in [0, 0.1) is 0 Å². The van der Waals surface area contributed by atoms with Crippen molar-refractivity contribution in [1.82, 2.24) is 4.98 Å². The average molecular weight is 194 g/mol. The molecule has 4 nitrogen and oxygen atoms in total. The fourth-order valence-electron chi connectivity index (χ4n) is 1.39. The zero-order valence-electron chi connectivity index (χ0n) is 7.98. The summed E-state index contributed by atoms with van der Waals surface area (Å²) in [6, 6.07) is 5.56. The Morgan fingerprint density at radius 2 is 2.50 bits per heavy atom. The molecule has 0 bridgehead atoms. The van der Waals surface area contributed by atoms with Crippen LogP contribution < -0.4 is 10.5 Å². The van der Waals surface area contributed by atoms with Crippen LogP contribution in [-0.4, -0.2) is 30.3 Å². The van der Waals surface area contributed by atoms with Crippen LogP contribution in [0.4, 0.5) is 0 Å². The number of rotatable bonds is 3. The fourth-order valence-corrected chi connectivity index (χ4v) is 1.39. The van der Waals surface area contributed by atoms with Crippen molar-refractivity contribution in [3.8, 4) is 5.88 Å². The SMILES string of the molecule is NC1(COc2ccccn2)CCOC1. The molecule has 0 aliphatic carbocycles. The van der Waals surface area contributed by atoms with E-state index in [1.165, 1.54) is 0 Å². The van der Waals surface area contributed by atoms with Gasteiger partial charge < -0.3 is 15.2 Å². The van der Waals surface area contributed by atoms with Crippen LogP contribution in [0.5, 0.6) is 5.88 Å². The van der Waals surface area contributed by atoms with E-state index in [9.17, 15) is 0 Å². The minimum Gasteiger partial charge on any atom is -0.476 e. The van der Waals surface area contributed by atoms with Crippen LogP contribution in [0.15, 0.2) is 24.4 Å². The molecule has 1 aliphatic rings. The van der Waals surface area contributed by atoms with Crippen molar-refractivity contribution in [2.24, 2.45) is 5.73 Å². The summed E-state index contributed by atoms with van der Waals surface area (Å²) in [6.07, 6.45) is 2.55. The summed E-state index contributed by atoms with van der Waals surface area (Å²) in [7, 11) is 0. The van der Waals surface area contributed by atoms with Crippen LogP contribution in [0.2, 0.25) is 0 Å². The van der Waals surface area contributed by atoms with Gasteiger partial charge in [0, 0.05) is 18.9 Å². The molecule has 2 heterocycles. The number of nitrogens with two attached hydrogens (primary N) is 1. The standard InChI is InChI=1S/C10H14N2O2/c11-10(4-6-13-7-10)8-14-9-3-1-2-5-12-9/h1-3,5H,4,6-8,11H2. The summed E-state index contributed by atoms with van der Waals surface area (Å²) < 4.78 is 10.7. The normalized spacial score (nSPS) is 26.4. The van der Waals surface area contributed by atoms with E-state index in [1.807, 2.05) is 18.2 Å². The third-order valence-electron chi connectivity index (χ3n) is 2.28. The highest BCUT2D eigenvalue weighted by molar-refractivity contribution is 5.09. The lowest BCUT2D eigenvalue weighted by Gasteiger charge is -2.21. The van der Waals surface area contributed by atoms with Gasteiger partial charge in [-0.1, -0.05) is 6.07 Å². The zero-order chi connectivity index (χ0) is 9.86. The third kappa shape index (κ3) is 2.21. The second kappa shape index (κ2) is 3.94. The molecule has 2 N–H and O–H groups in total. The van der Waals surface area contributed by atoms with E-state index < -0.39 is 0 Å². The van der Waals surface area contributed by atoms with Gasteiger partial charge in [0.1, 0.15) is 6.61 Å². The molecule has 14 heavy (non-hydrogen) atoms. The number of hydrogen-bond donors (Lipinski definition) is 1. The third-order valence-corrected chi connectivity index (χ3v) is 2.28. The first-order chi connectivity index (χ1) is 6.79. The maximum absolute atomic E-state index is 6.03. The summed E-state index contributed by atoms with van der Waals surface area (Å²) in [5.41, 5.74) is 5.69. The van der Waals surface area contributed by atoms with Crippen molar-refractivity contribution in [2.45, 2.75) is 12.0 Å². The molecule has 1 atom stereocenters. The fraction of sp³-hybridized carbons (Fsp3) is 0.500. The molecule has 0 amide bonds. The summed E-state index contributed by atoms with van der Waals surface area (Å²) in [6.45, 7) is 1.76. The van der Waals surface area contributed by atoms with Crippen LogP contribution in [0.1, 0.15) is 6.42 Å². The first-order valence-corrected chi connectivity index (χ1v) is 4.69. The van der Waals surface area contributed by atoms with Crippen LogP contribution in [-0.2, 0) is 4.74 Å². The summed E-state index contributed by atoms with van der Waals surface area (Å²) in [4.78, 5) is 4.05. The molecule has 1 fully saturated rings. The van der Waals surface area contributed by atoms with Gasteiger partial charge in [0.05, 0.1) is 12.1 Å². The number of nitrogens with zero attached hydrogens (tertiary/aromatic N) is 1. The second-order valence-corrected chi connectivity index (χ2v) is 3.62. The average Bonchev–Trinajstić information content (AvgIpc) is 2.65. The minimum atomic E-state index is -0.336. The van der Waals surface area contributed by atoms with Crippen molar-refractivity contribution in [3.05, 3.63) is 24.4 Å². The molecule has 0 aromatic carbocycles. The number of ether oxygens (including phenoxy) is 2. The van der Waals surface area contributed by atoms with Crippen molar-refractivity contribution < 1.29 is 9.47 Å². The highest BCUT2D eigenvalue weighted by Crippen LogP contribution is 2.16. The Morgan fingerprint density at radius 1 is 1.57 bits per heavy atom. The minimum absolute atomic E-state index is 0.336. The predicted molar refractivity (Wildman–Crippen MR) is 52.1 cm³/mol. The van der Waals surface area contributed by atoms with E-state index in [-0.39, 0.29) is 5.54 Å². The topological polar surface area (TPSA) is 57.4 Å². The summed E-state index contributed by atoms with van der Waals surface area (Å²) >= 11 is 0. The Hall–Kier alpha value is -1.13. The van der Waals surface area contributed by atoms with Crippen molar-refractivity contribution in [2.75, 3.05) is 19.8 Å². The maximum atomic E-state index is 6.03. The van der Waals surface area contributed by atoms with E-state index >= 15 is 0 Å². The molecule has 1 unspecified atom stereocenters. The van der Waals surface area contributed by atoms with Crippen molar-refractivity contribution >= 4 is 0 Å². The highest BCUT2D eigenvalue weighted by atomic mass is 16.5. The van der Waals surface area contributed by atoms with Gasteiger partial charge in [-0.15, -0.1) is 0 Å². The van der Waals surface area contributed by atoms with Gasteiger partial charge in [0.2, 0.25) is 5.88 Å². The Morgan fingerprint density at radius 3 is 3.14 bits per heavy atom. The Kier molecular flexibility index (Phi) is 2.65. The molecule has 1 saturated heterocycles. The zero-order valence-corrected chi connectivity index (χ0v) is 7.98. The van der Waals surface area contributed by atoms with Crippen LogP contribution in [0.25, 0.3) is 0 Å². The molecule has 1 aromatic heterocycles. The number of aromatic nitrogens is 1. The lowest BCUT2D eigenvalue weighted by atomic mass is 10.0. The lowest BCUT2D eigenvalue weighted by Crippen LogP contribution is -2.46. The van der Waals surface area contributed by atoms with Crippen LogP contribution in [0.3, 0.4) is 0 Å². The molecule has 1 aromatic rings. The van der Waals surface area contributed by atoms with Crippen molar-refractivity contribution in [3.63, 3.8) is 0 Å². The lowest BCUT2D eigenvalue weighted by molar-refractivity contribution is 0.150. The van der Waals surface area contributed by atoms with Crippen molar-refractivity contribution in [1.29, 1.82) is 0 Å². The monoisotopic (exact) mass is 194 g/mol. The van der Waals surface area contributed by atoms with Gasteiger partial charge in [0.15, 0.2) is 0 Å². The van der Waals surface area contributed by atoms with Gasteiger partial charge in [-0.25, -0.2) is 4.98 Å². The smallest absolute Gasteiger partial charge is 0.213 e. The molecule has 0 radical (unpaired) electrons. The van der Waals surface area contributed by atoms with Gasteiger partial charge in [-0.3, -0.25) is 0 Å². The van der Waals surface area contributed by atoms with E-state index in [2.05, 4.69) is 4.98 Å². The number of pyridine rings is 1. The first kappa shape index (κ1) is 9.43. The van der Waals surface area contributed by atoms with Gasteiger partial charge in [0.25, 0.3) is 0 Å². The molecular weight excluding hydrogens is 180 g/mol. The predicted octanol–water partition coefficient (Wildman–Crippen LogP) is 0.578. The molecule has 1 aliphatic heterocycles. The molecular formula is C10H14N2O2. The van der Waals surface area contributed by atoms with E-state index in [0.717, 1.165) is 13.0 Å². The maximum Gasteiger partial charge on any atom is 0.213 e. The Balaban J connectivity index is 1.88.